The van der Waals surface area contributed by atoms with Crippen LogP contribution < -0.4 is 11.1 Å². The summed E-state index contributed by atoms with van der Waals surface area (Å²) in [7, 11) is 0. The maximum atomic E-state index is 13.7. The van der Waals surface area contributed by atoms with Gasteiger partial charge in [-0.3, -0.25) is 0 Å². The average molecular weight is 282 g/mol. The molecule has 104 valence electrons. The number of thiocarbonyl (C=S) groups is 1. The summed E-state index contributed by atoms with van der Waals surface area (Å²) in [5.74, 6) is -0.380. The molecule has 3 N–H and O–H groups in total. The van der Waals surface area contributed by atoms with Crippen LogP contribution in [0.3, 0.4) is 0 Å². The average Bonchev–Trinajstić information content (AvgIpc) is 2.37. The highest BCUT2D eigenvalue weighted by molar-refractivity contribution is 7.80. The molecule has 0 radical (unpaired) electrons. The Morgan fingerprint density at radius 1 is 1.47 bits per heavy atom. The van der Waals surface area contributed by atoms with Gasteiger partial charge in [-0.25, -0.2) is 4.39 Å². The first-order chi connectivity index (χ1) is 9.00. The lowest BCUT2D eigenvalue weighted by atomic mass is 9.82. The standard InChI is InChI=1S/C14H19FN2OS/c1-14(4-6-18-7-5-14)9-17-10-2-3-11(13(16)19)12(15)8-10/h2-3,8,17H,4-7,9H2,1H3,(H2,16,19). The van der Waals surface area contributed by atoms with Crippen molar-refractivity contribution in [1.29, 1.82) is 0 Å². The van der Waals surface area contributed by atoms with Crippen LogP contribution in [0.15, 0.2) is 18.2 Å². The fourth-order valence-corrected chi connectivity index (χ4v) is 2.35. The van der Waals surface area contributed by atoms with Gasteiger partial charge in [-0.05, 0) is 36.5 Å². The number of hydrogen-bond acceptors (Lipinski definition) is 3. The second-order valence-corrected chi connectivity index (χ2v) is 5.78. The Labute approximate surface area is 118 Å². The second-order valence-electron chi connectivity index (χ2n) is 5.34. The van der Waals surface area contributed by atoms with Gasteiger partial charge in [0, 0.05) is 31.0 Å². The molecule has 2 rings (SSSR count). The van der Waals surface area contributed by atoms with Crippen LogP contribution in [0.4, 0.5) is 10.1 Å². The zero-order valence-electron chi connectivity index (χ0n) is 11.0. The molecule has 0 bridgehead atoms. The number of anilines is 1. The van der Waals surface area contributed by atoms with Gasteiger partial charge in [0.15, 0.2) is 0 Å². The molecule has 5 heteroatoms. The number of hydrogen-bond donors (Lipinski definition) is 2. The third kappa shape index (κ3) is 3.64. The van der Waals surface area contributed by atoms with E-state index in [1.807, 2.05) is 0 Å². The van der Waals surface area contributed by atoms with E-state index >= 15 is 0 Å². The monoisotopic (exact) mass is 282 g/mol. The normalized spacial score (nSPS) is 18.0. The van der Waals surface area contributed by atoms with E-state index in [9.17, 15) is 4.39 Å². The molecule has 0 saturated carbocycles. The summed E-state index contributed by atoms with van der Waals surface area (Å²) in [5, 5.41) is 3.28. The Bertz CT molecular complexity index is 473. The van der Waals surface area contributed by atoms with Crippen molar-refractivity contribution < 1.29 is 9.13 Å². The molecule has 1 aliphatic rings. The van der Waals surface area contributed by atoms with Gasteiger partial charge in [0.25, 0.3) is 0 Å². The van der Waals surface area contributed by atoms with Gasteiger partial charge in [-0.15, -0.1) is 0 Å². The van der Waals surface area contributed by atoms with Gasteiger partial charge >= 0.3 is 0 Å². The maximum absolute atomic E-state index is 13.7. The Balaban J connectivity index is 2.00. The molecule has 0 atom stereocenters. The van der Waals surface area contributed by atoms with Crippen LogP contribution in [-0.2, 0) is 4.74 Å². The molecule has 3 nitrogen and oxygen atoms in total. The van der Waals surface area contributed by atoms with E-state index in [-0.39, 0.29) is 21.8 Å². The smallest absolute Gasteiger partial charge is 0.135 e. The molecule has 0 aliphatic carbocycles. The number of ether oxygens (including phenoxy) is 1. The van der Waals surface area contributed by atoms with Crippen molar-refractivity contribution in [3.05, 3.63) is 29.6 Å². The van der Waals surface area contributed by atoms with Crippen molar-refractivity contribution in [2.75, 3.05) is 25.1 Å². The Morgan fingerprint density at radius 2 is 2.16 bits per heavy atom. The largest absolute Gasteiger partial charge is 0.389 e. The maximum Gasteiger partial charge on any atom is 0.135 e. The fourth-order valence-electron chi connectivity index (χ4n) is 2.18. The van der Waals surface area contributed by atoms with Gasteiger partial charge in [-0.2, -0.15) is 0 Å². The van der Waals surface area contributed by atoms with E-state index < -0.39 is 0 Å². The summed E-state index contributed by atoms with van der Waals surface area (Å²) >= 11 is 4.78. The highest BCUT2D eigenvalue weighted by Crippen LogP contribution is 2.30. The third-order valence-corrected chi connectivity index (χ3v) is 3.87. The predicted molar refractivity (Wildman–Crippen MR) is 78.9 cm³/mol. The molecule has 1 fully saturated rings. The van der Waals surface area contributed by atoms with Crippen LogP contribution >= 0.6 is 12.2 Å². The Hall–Kier alpha value is -1.20. The lowest BCUT2D eigenvalue weighted by Gasteiger charge is -2.33. The number of nitrogens with two attached hydrogens (primary N) is 1. The van der Waals surface area contributed by atoms with Gasteiger partial charge in [0.2, 0.25) is 0 Å². The number of rotatable bonds is 4. The summed E-state index contributed by atoms with van der Waals surface area (Å²) in [6, 6.07) is 4.86. The molecule has 0 unspecified atom stereocenters. The van der Waals surface area contributed by atoms with Crippen molar-refractivity contribution in [2.45, 2.75) is 19.8 Å². The third-order valence-electron chi connectivity index (χ3n) is 3.65. The van der Waals surface area contributed by atoms with E-state index in [1.165, 1.54) is 6.07 Å². The first-order valence-electron chi connectivity index (χ1n) is 6.41. The van der Waals surface area contributed by atoms with Gasteiger partial charge in [0.1, 0.15) is 10.8 Å². The first-order valence-corrected chi connectivity index (χ1v) is 6.82. The highest BCUT2D eigenvalue weighted by Gasteiger charge is 2.27. The Kier molecular flexibility index (Phi) is 4.37. The molecule has 1 aromatic carbocycles. The molecule has 0 amide bonds. The Morgan fingerprint density at radius 3 is 2.74 bits per heavy atom. The number of nitrogens with one attached hydrogen (secondary N) is 1. The molecule has 1 aliphatic heterocycles. The zero-order valence-corrected chi connectivity index (χ0v) is 11.9. The molecular formula is C14H19FN2OS. The van der Waals surface area contributed by atoms with Gasteiger partial charge in [0.05, 0.1) is 0 Å². The van der Waals surface area contributed by atoms with E-state index in [1.54, 1.807) is 12.1 Å². The van der Waals surface area contributed by atoms with Crippen molar-refractivity contribution in [1.82, 2.24) is 0 Å². The quantitative estimate of drug-likeness (QED) is 0.834. The number of halogens is 1. The molecule has 1 heterocycles. The first kappa shape index (κ1) is 14.2. The van der Waals surface area contributed by atoms with Crippen molar-refractivity contribution in [3.8, 4) is 0 Å². The number of benzene rings is 1. The molecule has 0 spiro atoms. The van der Waals surface area contributed by atoms with E-state index in [0.29, 0.717) is 0 Å². The highest BCUT2D eigenvalue weighted by atomic mass is 32.1. The van der Waals surface area contributed by atoms with E-state index in [0.717, 1.165) is 38.3 Å². The molecule has 1 saturated heterocycles. The fraction of sp³-hybridized carbons (Fsp3) is 0.500. The predicted octanol–water partition coefficient (Wildman–Crippen LogP) is 2.69. The minimum Gasteiger partial charge on any atom is -0.389 e. The summed E-state index contributed by atoms with van der Waals surface area (Å²) < 4.78 is 19.1. The molecule has 0 aromatic heterocycles. The topological polar surface area (TPSA) is 47.3 Å². The van der Waals surface area contributed by atoms with Crippen LogP contribution in [0.5, 0.6) is 0 Å². The zero-order chi connectivity index (χ0) is 13.9. The minimum atomic E-state index is -0.380. The minimum absolute atomic E-state index is 0.0837. The molecule has 19 heavy (non-hydrogen) atoms. The van der Waals surface area contributed by atoms with Crippen LogP contribution in [0.2, 0.25) is 0 Å². The van der Waals surface area contributed by atoms with Crippen molar-refractivity contribution in [3.63, 3.8) is 0 Å². The van der Waals surface area contributed by atoms with Crippen LogP contribution in [0.1, 0.15) is 25.3 Å². The van der Waals surface area contributed by atoms with Crippen LogP contribution in [-0.4, -0.2) is 24.7 Å². The van der Waals surface area contributed by atoms with E-state index in [4.69, 9.17) is 22.7 Å². The van der Waals surface area contributed by atoms with E-state index in [2.05, 4.69) is 12.2 Å². The second kappa shape index (κ2) is 5.84. The molecule has 1 aromatic rings. The summed E-state index contributed by atoms with van der Waals surface area (Å²) in [6.07, 6.45) is 2.04. The summed E-state index contributed by atoms with van der Waals surface area (Å²) in [5.41, 5.74) is 6.68. The van der Waals surface area contributed by atoms with Gasteiger partial charge < -0.3 is 15.8 Å². The lowest BCUT2D eigenvalue weighted by molar-refractivity contribution is 0.0300. The summed E-state index contributed by atoms with van der Waals surface area (Å²) in [6.45, 7) is 4.63. The van der Waals surface area contributed by atoms with Crippen molar-refractivity contribution in [2.24, 2.45) is 11.1 Å². The SMILES string of the molecule is CC1(CNc2ccc(C(N)=S)c(F)c2)CCOCC1. The molecular weight excluding hydrogens is 263 g/mol. The van der Waals surface area contributed by atoms with Crippen molar-refractivity contribution >= 4 is 22.9 Å². The van der Waals surface area contributed by atoms with Gasteiger partial charge in [-0.1, -0.05) is 19.1 Å². The van der Waals surface area contributed by atoms with Crippen LogP contribution in [0.25, 0.3) is 0 Å². The summed E-state index contributed by atoms with van der Waals surface area (Å²) in [4.78, 5) is 0.0837. The van der Waals surface area contributed by atoms with Crippen LogP contribution in [0, 0.1) is 11.2 Å². The lowest BCUT2D eigenvalue weighted by Crippen LogP contribution is -2.33.